The fourth-order valence-corrected chi connectivity index (χ4v) is 4.45. The van der Waals surface area contributed by atoms with Crippen LogP contribution in [0.25, 0.3) is 0 Å². The molecule has 1 fully saturated rings. The molecule has 3 aromatic carbocycles. The largest absolute Gasteiger partial charge is 0.493 e. The van der Waals surface area contributed by atoms with E-state index < -0.39 is 20.0 Å². The molecule has 35 heavy (non-hydrogen) atoms. The van der Waals surface area contributed by atoms with Crippen molar-refractivity contribution in [2.75, 3.05) is 27.5 Å². The van der Waals surface area contributed by atoms with E-state index in [1.165, 1.54) is 6.07 Å². The maximum Gasteiger partial charge on any atom is 0.309 e. The van der Waals surface area contributed by atoms with Crippen LogP contribution in [0.3, 0.4) is 0 Å². The zero-order valence-electron chi connectivity index (χ0n) is 24.8. The van der Waals surface area contributed by atoms with Gasteiger partial charge in [-0.15, -0.1) is 0 Å². The van der Waals surface area contributed by atoms with Gasteiger partial charge in [-0.3, -0.25) is 4.79 Å². The Bertz CT molecular complexity index is 1390. The minimum Gasteiger partial charge on any atom is -0.493 e. The van der Waals surface area contributed by atoms with Crippen molar-refractivity contribution < 1.29 is 41.4 Å². The first-order chi connectivity index (χ1) is 19.4. The van der Waals surface area contributed by atoms with Gasteiger partial charge in [0.05, 0.1) is 34.8 Å². The number of hydrogen-bond acceptors (Lipinski definition) is 7. The Morgan fingerprint density at radius 1 is 0.857 bits per heavy atom. The van der Waals surface area contributed by atoms with E-state index >= 15 is 0 Å². The summed E-state index contributed by atoms with van der Waals surface area (Å²) in [4.78, 5) is 12.8. The van der Waals surface area contributed by atoms with Crippen molar-refractivity contribution in [3.05, 3.63) is 77.4 Å². The highest BCUT2D eigenvalue weighted by Crippen LogP contribution is 2.41. The highest BCUT2D eigenvalue weighted by Gasteiger charge is 2.37. The molecule has 7 nitrogen and oxygen atoms in total. The summed E-state index contributed by atoms with van der Waals surface area (Å²) in [5.74, 6) is -0.552. The molecule has 0 radical (unpaired) electrons. The van der Waals surface area contributed by atoms with Gasteiger partial charge in [0.1, 0.15) is 6.61 Å². The molecular formula is C28H28O7. The number of carbonyl (C=O) groups is 1. The van der Waals surface area contributed by atoms with Crippen LogP contribution in [0.5, 0.6) is 28.7 Å². The first kappa shape index (κ1) is 16.7. The molecule has 0 amide bonds. The molecule has 0 bridgehead atoms. The van der Waals surface area contributed by atoms with E-state index in [2.05, 4.69) is 0 Å². The topological polar surface area (TPSA) is 72.5 Å². The minimum absolute atomic E-state index is 0.0274. The number of benzene rings is 3. The molecular weight excluding hydrogens is 448 g/mol. The monoisotopic (exact) mass is 482 g/mol. The summed E-state index contributed by atoms with van der Waals surface area (Å²) in [7, 11) is -5.82. The average Bonchev–Trinajstić information content (AvgIpc) is 3.50. The predicted molar refractivity (Wildman–Crippen MR) is 128 cm³/mol. The molecule has 2 unspecified atom stereocenters. The zero-order valence-corrected chi connectivity index (χ0v) is 18.8. The van der Waals surface area contributed by atoms with Crippen LogP contribution >= 0.6 is 0 Å². The van der Waals surface area contributed by atoms with E-state index in [9.17, 15) is 4.79 Å². The van der Waals surface area contributed by atoms with Crippen LogP contribution in [-0.2, 0) is 29.0 Å². The van der Waals surface area contributed by atoms with Crippen molar-refractivity contribution in [2.45, 2.75) is 19.4 Å². The third-order valence-corrected chi connectivity index (χ3v) is 6.23. The molecule has 5 rings (SSSR count). The van der Waals surface area contributed by atoms with Gasteiger partial charge in [0.25, 0.3) is 0 Å². The van der Waals surface area contributed by atoms with Crippen LogP contribution < -0.4 is 23.7 Å². The second kappa shape index (κ2) is 10.2. The summed E-state index contributed by atoms with van der Waals surface area (Å²) in [6.45, 7) is 0.421. The number of hydrogen-bond donors (Lipinski definition) is 0. The summed E-state index contributed by atoms with van der Waals surface area (Å²) in [6.07, 6.45) is 0.699. The lowest BCUT2D eigenvalue weighted by atomic mass is 9.85. The molecule has 2 atom stereocenters. The van der Waals surface area contributed by atoms with Gasteiger partial charge in [0.2, 0.25) is 12.5 Å². The molecule has 1 saturated heterocycles. The van der Waals surface area contributed by atoms with Gasteiger partial charge >= 0.3 is 5.97 Å². The summed E-state index contributed by atoms with van der Waals surface area (Å²) in [5, 5.41) is 0. The van der Waals surface area contributed by atoms with Gasteiger partial charge in [-0.2, -0.15) is 0 Å². The minimum atomic E-state index is -2.91. The summed E-state index contributed by atoms with van der Waals surface area (Å²) >= 11 is 0. The maximum absolute atomic E-state index is 12.8. The number of cyclic esters (lactones) is 1. The lowest BCUT2D eigenvalue weighted by Crippen LogP contribution is -2.20. The van der Waals surface area contributed by atoms with E-state index in [0.29, 0.717) is 23.5 Å². The second-order valence-electron chi connectivity index (χ2n) is 8.49. The van der Waals surface area contributed by atoms with Crippen LogP contribution in [0.4, 0.5) is 0 Å². The van der Waals surface area contributed by atoms with Crippen molar-refractivity contribution in [3.8, 4) is 28.7 Å². The highest BCUT2D eigenvalue weighted by atomic mass is 16.7. The smallest absolute Gasteiger partial charge is 0.309 e. The molecule has 0 spiro atoms. The Balaban J connectivity index is 1.45. The van der Waals surface area contributed by atoms with Crippen LogP contribution in [-0.4, -0.2) is 33.4 Å². The van der Waals surface area contributed by atoms with Crippen molar-refractivity contribution in [1.29, 1.82) is 0 Å². The second-order valence-corrected chi connectivity index (χ2v) is 8.49. The number of esters is 1. The molecule has 0 aromatic heterocycles. The normalized spacial score (nSPS) is 21.5. The molecule has 2 aliphatic heterocycles. The molecule has 0 N–H and O–H groups in total. The third-order valence-electron chi connectivity index (χ3n) is 6.23. The average molecular weight is 483 g/mol. The van der Waals surface area contributed by atoms with Gasteiger partial charge in [0.15, 0.2) is 23.0 Å². The fraction of sp³-hybridized carbons (Fsp3) is 0.321. The first-order valence-electron chi connectivity index (χ1n) is 14.2. The molecule has 2 heterocycles. The van der Waals surface area contributed by atoms with E-state index in [-0.39, 0.29) is 55.6 Å². The fourth-order valence-electron chi connectivity index (χ4n) is 4.45. The van der Waals surface area contributed by atoms with Crippen molar-refractivity contribution in [2.24, 2.45) is 11.8 Å². The van der Waals surface area contributed by atoms with Crippen molar-refractivity contribution >= 4 is 5.97 Å². The maximum atomic E-state index is 12.8. The van der Waals surface area contributed by atoms with Crippen LogP contribution in [0.2, 0.25) is 0 Å². The van der Waals surface area contributed by atoms with Gasteiger partial charge in [-0.05, 0) is 53.8 Å². The first-order valence-corrected chi connectivity index (χ1v) is 11.2. The molecule has 7 heteroatoms. The number of fused-ring (bicyclic) bond motifs is 1. The SMILES string of the molecule is [2H]C([2H])([2H])Oc1cc(CC2C(=O)OCC2Cc2ccc3c(c2)OCO3)cc(OCc2ccccc2)c1OC([2H])([2H])[2H]. The Morgan fingerprint density at radius 3 is 2.54 bits per heavy atom. The Labute approximate surface area is 212 Å². The standard InChI is InChI=1S/C28H28O7/c1-30-25-13-20(14-26(27(25)31-2)32-15-18-6-4-3-5-7-18)11-22-21(16-33-28(22)29)10-19-8-9-23-24(12-19)35-17-34-23/h3-9,12-14,21-22H,10-11,15-17H2,1-2H3/i1D3,2D3. The number of rotatable bonds is 9. The quantitative estimate of drug-likeness (QED) is 0.413. The summed E-state index contributed by atoms with van der Waals surface area (Å²) in [5.41, 5.74) is 2.23. The molecule has 2 aliphatic rings. The van der Waals surface area contributed by atoms with Gasteiger partial charge in [0, 0.05) is 5.92 Å². The molecule has 182 valence electrons. The molecule has 3 aromatic rings. The Kier molecular flexibility index (Phi) is 4.86. The third kappa shape index (κ3) is 4.99. The number of methoxy groups -OCH3 is 2. The molecule has 0 aliphatic carbocycles. The Hall–Kier alpha value is -3.87. The van der Waals surface area contributed by atoms with E-state index in [1.54, 1.807) is 6.07 Å². The molecule has 0 saturated carbocycles. The zero-order chi connectivity index (χ0) is 29.2. The van der Waals surface area contributed by atoms with Crippen LogP contribution in [0.15, 0.2) is 60.7 Å². The number of ether oxygens (including phenoxy) is 6. The lowest BCUT2D eigenvalue weighted by Gasteiger charge is -2.19. The lowest BCUT2D eigenvalue weighted by molar-refractivity contribution is -0.141. The number of carbonyl (C=O) groups excluding carboxylic acids is 1. The van der Waals surface area contributed by atoms with Crippen LogP contribution in [0, 0.1) is 11.8 Å². The summed E-state index contributed by atoms with van der Waals surface area (Å²) < 4.78 is 78.2. The van der Waals surface area contributed by atoms with Crippen LogP contribution in [0.1, 0.15) is 24.9 Å². The van der Waals surface area contributed by atoms with Crippen molar-refractivity contribution in [3.63, 3.8) is 0 Å². The van der Waals surface area contributed by atoms with E-state index in [4.69, 9.17) is 36.6 Å². The van der Waals surface area contributed by atoms with E-state index in [1.807, 2.05) is 48.5 Å². The summed E-state index contributed by atoms with van der Waals surface area (Å²) in [6, 6.07) is 17.7. The highest BCUT2D eigenvalue weighted by molar-refractivity contribution is 5.75. The van der Waals surface area contributed by atoms with E-state index in [0.717, 1.165) is 11.1 Å². The van der Waals surface area contributed by atoms with Gasteiger partial charge in [-0.1, -0.05) is 36.4 Å². The predicted octanol–water partition coefficient (Wildman–Crippen LogP) is 4.59. The van der Waals surface area contributed by atoms with Gasteiger partial charge < -0.3 is 28.4 Å². The van der Waals surface area contributed by atoms with Gasteiger partial charge in [-0.25, -0.2) is 0 Å². The van der Waals surface area contributed by atoms with Crippen molar-refractivity contribution in [1.82, 2.24) is 0 Å². The Morgan fingerprint density at radius 2 is 1.69 bits per heavy atom.